The molecule has 1 aliphatic rings. The maximum absolute atomic E-state index is 9.18. The summed E-state index contributed by atoms with van der Waals surface area (Å²) >= 11 is 7.21. The van der Waals surface area contributed by atoms with Gasteiger partial charge >= 0.3 is 0 Å². The number of halogens is 1. The Balaban J connectivity index is 1.90. The molecule has 14 heavy (non-hydrogen) atoms. The molecule has 1 aliphatic carbocycles. The molecule has 5 heteroatoms. The molecule has 0 radical (unpaired) electrons. The number of aliphatic hydroxyl groups excluding tert-OH is 1. The first-order valence-corrected chi connectivity index (χ1v) is 5.94. The van der Waals surface area contributed by atoms with Gasteiger partial charge in [0, 0.05) is 0 Å². The highest BCUT2D eigenvalue weighted by atomic mass is 35.5. The van der Waals surface area contributed by atoms with Crippen molar-refractivity contribution in [2.24, 2.45) is 5.92 Å². The van der Waals surface area contributed by atoms with Gasteiger partial charge in [-0.3, -0.25) is 0 Å². The Bertz CT molecular complexity index is 301. The summed E-state index contributed by atoms with van der Waals surface area (Å²) in [6, 6.07) is -0.0481. The summed E-state index contributed by atoms with van der Waals surface area (Å²) in [4.78, 5) is 4.15. The number of hydrogen-bond acceptors (Lipinski definition) is 4. The van der Waals surface area contributed by atoms with Crippen LogP contribution in [0.15, 0.2) is 6.20 Å². The molecule has 2 rings (SSSR count). The minimum atomic E-state index is -0.0481. The molecule has 3 nitrogen and oxygen atoms in total. The van der Waals surface area contributed by atoms with Crippen molar-refractivity contribution >= 4 is 22.9 Å². The first-order chi connectivity index (χ1) is 6.79. The van der Waals surface area contributed by atoms with Crippen LogP contribution in [0, 0.1) is 5.92 Å². The number of aromatic nitrogens is 1. The van der Waals surface area contributed by atoms with E-state index in [9.17, 15) is 5.11 Å². The van der Waals surface area contributed by atoms with E-state index in [-0.39, 0.29) is 12.6 Å². The van der Waals surface area contributed by atoms with Crippen LogP contribution in [0.3, 0.4) is 0 Å². The van der Waals surface area contributed by atoms with Gasteiger partial charge in [-0.15, -0.1) is 11.3 Å². The lowest BCUT2D eigenvalue weighted by atomic mass is 10.3. The molecule has 1 aromatic rings. The molecule has 78 valence electrons. The van der Waals surface area contributed by atoms with Gasteiger partial charge in [0.2, 0.25) is 0 Å². The van der Waals surface area contributed by atoms with Crippen LogP contribution >= 0.6 is 22.9 Å². The molecular formula is C9H13ClN2OS. The van der Waals surface area contributed by atoms with Crippen molar-refractivity contribution in [3.05, 3.63) is 15.5 Å². The summed E-state index contributed by atoms with van der Waals surface area (Å²) in [6.07, 6.45) is 4.25. The number of nitrogens with one attached hydrogen (secondary N) is 1. The van der Waals surface area contributed by atoms with Crippen molar-refractivity contribution in [2.45, 2.75) is 18.9 Å². The number of rotatable bonds is 5. The van der Waals surface area contributed by atoms with Crippen LogP contribution in [0.2, 0.25) is 4.34 Å². The van der Waals surface area contributed by atoms with Crippen molar-refractivity contribution in [1.82, 2.24) is 10.3 Å². The van der Waals surface area contributed by atoms with Gasteiger partial charge < -0.3 is 10.4 Å². The third-order valence-electron chi connectivity index (χ3n) is 2.33. The van der Waals surface area contributed by atoms with Crippen LogP contribution < -0.4 is 5.32 Å². The molecule has 0 bridgehead atoms. The average Bonchev–Trinajstić information content (AvgIpc) is 2.90. The highest BCUT2D eigenvalue weighted by molar-refractivity contribution is 7.15. The molecule has 0 saturated heterocycles. The second-order valence-corrected chi connectivity index (χ2v) is 5.28. The summed E-state index contributed by atoms with van der Waals surface area (Å²) in [7, 11) is 0. The van der Waals surface area contributed by atoms with Gasteiger partial charge in [0.25, 0.3) is 0 Å². The topological polar surface area (TPSA) is 45.1 Å². The molecule has 1 unspecified atom stereocenters. The smallest absolute Gasteiger partial charge is 0.113 e. The maximum atomic E-state index is 9.18. The molecule has 1 atom stereocenters. The zero-order valence-electron chi connectivity index (χ0n) is 7.74. The lowest BCUT2D eigenvalue weighted by Gasteiger charge is -2.12. The van der Waals surface area contributed by atoms with E-state index in [1.54, 1.807) is 6.20 Å². The Morgan fingerprint density at radius 2 is 2.50 bits per heavy atom. The largest absolute Gasteiger partial charge is 0.394 e. The second kappa shape index (κ2) is 4.57. The second-order valence-electron chi connectivity index (χ2n) is 3.59. The fourth-order valence-corrected chi connectivity index (χ4v) is 2.29. The van der Waals surface area contributed by atoms with Crippen molar-refractivity contribution in [3.63, 3.8) is 0 Å². The summed E-state index contributed by atoms with van der Waals surface area (Å²) in [6.45, 7) is 1.05. The van der Waals surface area contributed by atoms with E-state index in [1.165, 1.54) is 24.2 Å². The van der Waals surface area contributed by atoms with Gasteiger partial charge in [0.15, 0.2) is 0 Å². The van der Waals surface area contributed by atoms with Gasteiger partial charge in [0.1, 0.15) is 9.34 Å². The van der Waals surface area contributed by atoms with E-state index in [0.29, 0.717) is 4.34 Å². The Labute approximate surface area is 92.1 Å². The van der Waals surface area contributed by atoms with E-state index in [1.807, 2.05) is 0 Å². The Hall–Kier alpha value is -0.160. The van der Waals surface area contributed by atoms with E-state index >= 15 is 0 Å². The predicted octanol–water partition coefficient (Wildman–Crippen LogP) is 1.83. The maximum Gasteiger partial charge on any atom is 0.113 e. The van der Waals surface area contributed by atoms with Crippen LogP contribution in [0.25, 0.3) is 0 Å². The first kappa shape index (κ1) is 10.4. The van der Waals surface area contributed by atoms with E-state index < -0.39 is 0 Å². The van der Waals surface area contributed by atoms with Crippen molar-refractivity contribution < 1.29 is 5.11 Å². The number of thiazole rings is 1. The summed E-state index contributed by atoms with van der Waals surface area (Å²) < 4.78 is 0.673. The lowest BCUT2D eigenvalue weighted by Crippen LogP contribution is -2.26. The summed E-state index contributed by atoms with van der Waals surface area (Å²) in [5.74, 6) is 0.805. The van der Waals surface area contributed by atoms with Gasteiger partial charge in [0.05, 0.1) is 18.8 Å². The van der Waals surface area contributed by atoms with E-state index in [4.69, 9.17) is 11.6 Å². The van der Waals surface area contributed by atoms with Crippen LogP contribution in [0.4, 0.5) is 0 Å². The van der Waals surface area contributed by atoms with Crippen LogP contribution in [-0.2, 0) is 0 Å². The SMILES string of the molecule is OCC(NCC1CC1)c1ncc(Cl)s1. The predicted molar refractivity (Wildman–Crippen MR) is 57.7 cm³/mol. The van der Waals surface area contributed by atoms with Gasteiger partial charge in [-0.25, -0.2) is 4.98 Å². The monoisotopic (exact) mass is 232 g/mol. The van der Waals surface area contributed by atoms with E-state index in [0.717, 1.165) is 17.5 Å². The third kappa shape index (κ3) is 2.67. The number of hydrogen-bond donors (Lipinski definition) is 2. The number of nitrogens with zero attached hydrogens (tertiary/aromatic N) is 1. The van der Waals surface area contributed by atoms with Crippen LogP contribution in [0.5, 0.6) is 0 Å². The normalized spacial score (nSPS) is 18.4. The molecule has 0 aliphatic heterocycles. The Kier molecular flexibility index (Phi) is 3.38. The number of aliphatic hydroxyl groups is 1. The fourth-order valence-electron chi connectivity index (χ4n) is 1.29. The molecule has 1 aromatic heterocycles. The molecule has 2 N–H and O–H groups in total. The first-order valence-electron chi connectivity index (χ1n) is 4.75. The van der Waals surface area contributed by atoms with Gasteiger partial charge in [-0.1, -0.05) is 11.6 Å². The third-order valence-corrected chi connectivity index (χ3v) is 3.55. The highest BCUT2D eigenvalue weighted by Gasteiger charge is 2.23. The molecule has 1 saturated carbocycles. The molecule has 1 heterocycles. The average molecular weight is 233 g/mol. The van der Waals surface area contributed by atoms with Crippen molar-refractivity contribution in [3.8, 4) is 0 Å². The minimum absolute atomic E-state index is 0.0481. The summed E-state index contributed by atoms with van der Waals surface area (Å²) in [5.41, 5.74) is 0. The standard InChI is InChI=1S/C9H13ClN2OS/c10-8-4-12-9(14-8)7(5-13)11-3-6-1-2-6/h4,6-7,11,13H,1-3,5H2. The molecule has 0 aromatic carbocycles. The fraction of sp³-hybridized carbons (Fsp3) is 0.667. The zero-order valence-corrected chi connectivity index (χ0v) is 9.31. The molecule has 0 spiro atoms. The van der Waals surface area contributed by atoms with Gasteiger partial charge in [-0.05, 0) is 25.3 Å². The molecule has 1 fully saturated rings. The summed E-state index contributed by atoms with van der Waals surface area (Å²) in [5, 5.41) is 13.4. The highest BCUT2D eigenvalue weighted by Crippen LogP contribution is 2.29. The minimum Gasteiger partial charge on any atom is -0.394 e. The Morgan fingerprint density at radius 1 is 1.71 bits per heavy atom. The van der Waals surface area contributed by atoms with Crippen LogP contribution in [-0.4, -0.2) is 23.2 Å². The lowest BCUT2D eigenvalue weighted by molar-refractivity contribution is 0.243. The Morgan fingerprint density at radius 3 is 3.00 bits per heavy atom. The quantitative estimate of drug-likeness (QED) is 0.814. The van der Waals surface area contributed by atoms with E-state index in [2.05, 4.69) is 10.3 Å². The molecule has 0 amide bonds. The van der Waals surface area contributed by atoms with Crippen molar-refractivity contribution in [1.29, 1.82) is 0 Å². The van der Waals surface area contributed by atoms with Crippen LogP contribution in [0.1, 0.15) is 23.9 Å². The van der Waals surface area contributed by atoms with Gasteiger partial charge in [-0.2, -0.15) is 0 Å². The zero-order chi connectivity index (χ0) is 9.97. The molecular weight excluding hydrogens is 220 g/mol. The van der Waals surface area contributed by atoms with Crippen molar-refractivity contribution in [2.75, 3.05) is 13.2 Å².